The molecular weight excluding hydrogens is 420 g/mol. The lowest BCUT2D eigenvalue weighted by molar-refractivity contribution is -0.138. The Labute approximate surface area is 192 Å². The first-order chi connectivity index (χ1) is 15.7. The zero-order valence-corrected chi connectivity index (χ0v) is 19.0. The molecule has 170 valence electrons. The van der Waals surface area contributed by atoms with E-state index in [0.29, 0.717) is 54.8 Å². The Hall–Kier alpha value is -3.48. The van der Waals surface area contributed by atoms with Crippen LogP contribution in [-0.2, 0) is 4.79 Å². The van der Waals surface area contributed by atoms with Gasteiger partial charge in [-0.2, -0.15) is 0 Å². The summed E-state index contributed by atoms with van der Waals surface area (Å²) in [5.41, 5.74) is 2.80. The van der Waals surface area contributed by atoms with Gasteiger partial charge in [-0.25, -0.2) is 0 Å². The highest BCUT2D eigenvalue weighted by atomic mass is 16.5. The summed E-state index contributed by atoms with van der Waals surface area (Å²) in [6.07, 6.45) is 1.33. The molecule has 5 rings (SSSR count). The van der Waals surface area contributed by atoms with E-state index in [1.807, 2.05) is 26.0 Å². The van der Waals surface area contributed by atoms with E-state index in [4.69, 9.17) is 4.74 Å². The van der Waals surface area contributed by atoms with Crippen LogP contribution < -0.4 is 4.74 Å². The number of hydrogen-bond acceptors (Lipinski definition) is 5. The maximum absolute atomic E-state index is 13.2. The number of ketones is 1. The third kappa shape index (κ3) is 3.34. The van der Waals surface area contributed by atoms with Gasteiger partial charge in [0.05, 0.1) is 23.1 Å². The van der Waals surface area contributed by atoms with E-state index in [2.05, 4.69) is 0 Å². The number of ether oxygens (including phenoxy) is 1. The topological polar surface area (TPSA) is 84.0 Å². The van der Waals surface area contributed by atoms with Crippen LogP contribution in [0.2, 0.25) is 0 Å². The molecular formula is C26H26N2O5. The molecule has 3 aliphatic heterocycles. The lowest BCUT2D eigenvalue weighted by Gasteiger charge is -2.44. The SMILES string of the molecule is Cc1cc2c(cc1C)C(=O)CC1(CCN(C(=O)C(C)N3C(=O)c4ccccc4C3=O)CC1)O2. The standard InChI is InChI=1S/C26H26N2O5/c1-15-12-20-21(29)14-26(33-22(20)13-16(15)2)8-10-27(11-9-26)23(30)17(3)28-24(31)18-6-4-5-7-19(18)25(28)32/h4-7,12-13,17H,8-11,14H2,1-3H3. The fourth-order valence-electron chi connectivity index (χ4n) is 5.10. The molecule has 1 saturated heterocycles. The molecule has 3 aliphatic rings. The van der Waals surface area contributed by atoms with Crippen LogP contribution in [0.15, 0.2) is 36.4 Å². The number of hydrogen-bond donors (Lipinski definition) is 0. The van der Waals surface area contributed by atoms with Crippen LogP contribution in [-0.4, -0.2) is 58.0 Å². The molecule has 0 bridgehead atoms. The maximum Gasteiger partial charge on any atom is 0.262 e. The van der Waals surface area contributed by atoms with Gasteiger partial charge in [-0.15, -0.1) is 0 Å². The zero-order chi connectivity index (χ0) is 23.5. The normalized spacial score (nSPS) is 19.9. The predicted octanol–water partition coefficient (Wildman–Crippen LogP) is 3.31. The third-order valence-corrected chi connectivity index (χ3v) is 7.26. The molecule has 0 saturated carbocycles. The number of imide groups is 1. The van der Waals surface area contributed by atoms with Gasteiger partial charge < -0.3 is 9.64 Å². The van der Waals surface area contributed by atoms with Crippen LogP contribution in [0.25, 0.3) is 0 Å². The van der Waals surface area contributed by atoms with Crippen LogP contribution in [0.4, 0.5) is 0 Å². The van der Waals surface area contributed by atoms with Crippen molar-refractivity contribution in [2.45, 2.75) is 51.7 Å². The van der Waals surface area contributed by atoms with Gasteiger partial charge in [-0.05, 0) is 56.2 Å². The number of rotatable bonds is 2. The van der Waals surface area contributed by atoms with Crippen molar-refractivity contribution in [2.24, 2.45) is 0 Å². The van der Waals surface area contributed by atoms with Crippen molar-refractivity contribution in [1.82, 2.24) is 9.80 Å². The molecule has 7 nitrogen and oxygen atoms in total. The van der Waals surface area contributed by atoms with Gasteiger partial charge in [0.2, 0.25) is 5.91 Å². The van der Waals surface area contributed by atoms with Gasteiger partial charge in [0.15, 0.2) is 5.78 Å². The summed E-state index contributed by atoms with van der Waals surface area (Å²) < 4.78 is 6.35. The summed E-state index contributed by atoms with van der Waals surface area (Å²) in [7, 11) is 0. The minimum atomic E-state index is -0.897. The fourth-order valence-corrected chi connectivity index (χ4v) is 5.10. The first-order valence-corrected chi connectivity index (χ1v) is 11.3. The second kappa shape index (κ2) is 7.54. The predicted molar refractivity (Wildman–Crippen MR) is 120 cm³/mol. The third-order valence-electron chi connectivity index (χ3n) is 7.26. The Morgan fingerprint density at radius 2 is 1.52 bits per heavy atom. The number of piperidine rings is 1. The smallest absolute Gasteiger partial charge is 0.262 e. The average molecular weight is 447 g/mol. The second-order valence-electron chi connectivity index (χ2n) is 9.34. The van der Waals surface area contributed by atoms with Crippen molar-refractivity contribution in [3.05, 3.63) is 64.2 Å². The number of amides is 3. The molecule has 7 heteroatoms. The second-order valence-corrected chi connectivity index (χ2v) is 9.34. The van der Waals surface area contributed by atoms with Gasteiger partial charge in [0.1, 0.15) is 17.4 Å². The lowest BCUT2D eigenvalue weighted by atomic mass is 9.81. The Balaban J connectivity index is 1.29. The summed E-state index contributed by atoms with van der Waals surface area (Å²) >= 11 is 0. The van der Waals surface area contributed by atoms with Crippen molar-refractivity contribution >= 4 is 23.5 Å². The lowest BCUT2D eigenvalue weighted by Crippen LogP contribution is -2.56. The van der Waals surface area contributed by atoms with Crippen molar-refractivity contribution in [1.29, 1.82) is 0 Å². The number of aryl methyl sites for hydroxylation is 2. The minimum Gasteiger partial charge on any atom is -0.486 e. The van der Waals surface area contributed by atoms with Crippen LogP contribution in [0.3, 0.4) is 0 Å². The minimum absolute atomic E-state index is 0.0681. The summed E-state index contributed by atoms with van der Waals surface area (Å²) in [6.45, 7) is 6.37. The first kappa shape index (κ1) is 21.4. The first-order valence-electron chi connectivity index (χ1n) is 11.3. The average Bonchev–Trinajstić information content (AvgIpc) is 3.05. The van der Waals surface area contributed by atoms with Crippen molar-refractivity contribution < 1.29 is 23.9 Å². The molecule has 2 aromatic carbocycles. The molecule has 1 unspecified atom stereocenters. The van der Waals surface area contributed by atoms with Crippen LogP contribution in [0.1, 0.15) is 68.4 Å². The summed E-state index contributed by atoms with van der Waals surface area (Å²) in [4.78, 5) is 54.3. The van der Waals surface area contributed by atoms with Crippen LogP contribution >= 0.6 is 0 Å². The Morgan fingerprint density at radius 1 is 0.939 bits per heavy atom. The number of carbonyl (C=O) groups is 4. The maximum atomic E-state index is 13.2. The van der Waals surface area contributed by atoms with E-state index in [-0.39, 0.29) is 11.7 Å². The fraction of sp³-hybridized carbons (Fsp3) is 0.385. The molecule has 1 spiro atoms. The van der Waals surface area contributed by atoms with Crippen molar-refractivity contribution in [3.63, 3.8) is 0 Å². The Morgan fingerprint density at radius 3 is 2.12 bits per heavy atom. The van der Waals surface area contributed by atoms with E-state index in [9.17, 15) is 19.2 Å². The quantitative estimate of drug-likeness (QED) is 0.661. The summed E-state index contributed by atoms with van der Waals surface area (Å²) in [6, 6.07) is 9.54. The number of likely N-dealkylation sites (tertiary alicyclic amines) is 1. The molecule has 3 amide bonds. The number of benzene rings is 2. The molecule has 0 radical (unpaired) electrons. The van der Waals surface area contributed by atoms with Crippen LogP contribution in [0.5, 0.6) is 5.75 Å². The zero-order valence-electron chi connectivity index (χ0n) is 19.0. The van der Waals surface area contributed by atoms with Crippen molar-refractivity contribution in [3.8, 4) is 5.75 Å². The Bertz CT molecular complexity index is 1170. The molecule has 0 N–H and O–H groups in total. The van der Waals surface area contributed by atoms with E-state index < -0.39 is 23.5 Å². The van der Waals surface area contributed by atoms with Gasteiger partial charge in [-0.1, -0.05) is 12.1 Å². The van der Waals surface area contributed by atoms with Gasteiger partial charge >= 0.3 is 0 Å². The number of nitrogens with zero attached hydrogens (tertiary/aromatic N) is 2. The molecule has 2 aromatic rings. The monoisotopic (exact) mass is 446 g/mol. The summed E-state index contributed by atoms with van der Waals surface area (Å²) in [5.74, 6) is -0.456. The van der Waals surface area contributed by atoms with Crippen LogP contribution in [0, 0.1) is 13.8 Å². The highest BCUT2D eigenvalue weighted by molar-refractivity contribution is 6.22. The van der Waals surface area contributed by atoms with Gasteiger partial charge in [-0.3, -0.25) is 24.1 Å². The highest BCUT2D eigenvalue weighted by Crippen LogP contribution is 2.40. The van der Waals surface area contributed by atoms with E-state index >= 15 is 0 Å². The molecule has 0 aromatic heterocycles. The van der Waals surface area contributed by atoms with E-state index in [1.54, 1.807) is 36.1 Å². The van der Waals surface area contributed by atoms with E-state index in [0.717, 1.165) is 16.0 Å². The molecule has 3 heterocycles. The number of Topliss-reactive ketones (excluding diaryl/α,β-unsaturated/α-hetero) is 1. The number of fused-ring (bicyclic) bond motifs is 2. The highest BCUT2D eigenvalue weighted by Gasteiger charge is 2.46. The Kier molecular flexibility index (Phi) is 4.88. The van der Waals surface area contributed by atoms with Gasteiger partial charge in [0.25, 0.3) is 11.8 Å². The molecule has 33 heavy (non-hydrogen) atoms. The number of carbonyl (C=O) groups excluding carboxylic acids is 4. The van der Waals surface area contributed by atoms with Gasteiger partial charge in [0, 0.05) is 25.9 Å². The molecule has 1 fully saturated rings. The van der Waals surface area contributed by atoms with E-state index in [1.165, 1.54) is 0 Å². The molecule has 0 aliphatic carbocycles. The molecule has 1 atom stereocenters. The largest absolute Gasteiger partial charge is 0.486 e. The van der Waals surface area contributed by atoms with Crippen molar-refractivity contribution in [2.75, 3.05) is 13.1 Å². The summed E-state index contributed by atoms with van der Waals surface area (Å²) in [5, 5.41) is 0.